The van der Waals surface area contributed by atoms with Crippen LogP contribution in [0.1, 0.15) is 20.8 Å². The second-order valence-electron chi connectivity index (χ2n) is 5.16. The topological polar surface area (TPSA) is 55.8 Å². The molecule has 0 saturated heterocycles. The van der Waals surface area contributed by atoms with E-state index in [0.717, 1.165) is 6.08 Å². The molecule has 2 aromatic rings. The molecule has 0 atom stereocenters. The number of carbonyl (C=O) groups is 2. The maximum Gasteiger partial charge on any atom is 0.335 e. The maximum atomic E-state index is 11.8. The molecule has 0 spiro atoms. The standard InChI is InChI=1S/C19H21NO4/c1-5-18(22)24-19-15-11-9-8-10-14(15)17(23-13(4)21)12-16(19)20(6-2)7-3/h5,8-12H,1,6-7H2,2-4H3. The molecule has 126 valence electrons. The second-order valence-corrected chi connectivity index (χ2v) is 5.16. The third-order valence-corrected chi connectivity index (χ3v) is 3.66. The van der Waals surface area contributed by atoms with Crippen LogP contribution < -0.4 is 14.4 Å². The van der Waals surface area contributed by atoms with Crippen molar-refractivity contribution in [3.8, 4) is 11.5 Å². The molecule has 5 nitrogen and oxygen atoms in total. The molecule has 0 unspecified atom stereocenters. The number of rotatable bonds is 6. The van der Waals surface area contributed by atoms with E-state index in [1.165, 1.54) is 6.92 Å². The van der Waals surface area contributed by atoms with Crippen molar-refractivity contribution in [1.29, 1.82) is 0 Å². The Labute approximate surface area is 141 Å². The number of anilines is 1. The molecule has 2 aromatic carbocycles. The third-order valence-electron chi connectivity index (χ3n) is 3.66. The zero-order valence-electron chi connectivity index (χ0n) is 14.2. The highest BCUT2D eigenvalue weighted by Gasteiger charge is 2.20. The van der Waals surface area contributed by atoms with Crippen molar-refractivity contribution in [2.24, 2.45) is 0 Å². The summed E-state index contributed by atoms with van der Waals surface area (Å²) in [6, 6.07) is 9.08. The fourth-order valence-corrected chi connectivity index (χ4v) is 2.59. The number of ether oxygens (including phenoxy) is 2. The van der Waals surface area contributed by atoms with E-state index in [4.69, 9.17) is 9.47 Å². The SMILES string of the molecule is C=CC(=O)Oc1c(N(CC)CC)cc(OC(C)=O)c2ccccc12. The molecular weight excluding hydrogens is 306 g/mol. The van der Waals surface area contributed by atoms with Crippen molar-refractivity contribution < 1.29 is 19.1 Å². The zero-order valence-corrected chi connectivity index (χ0v) is 14.2. The van der Waals surface area contributed by atoms with Crippen molar-refractivity contribution in [2.45, 2.75) is 20.8 Å². The largest absolute Gasteiger partial charge is 0.426 e. The predicted molar refractivity (Wildman–Crippen MR) is 94.7 cm³/mol. The lowest BCUT2D eigenvalue weighted by Gasteiger charge is -2.25. The van der Waals surface area contributed by atoms with E-state index in [1.807, 2.05) is 43.0 Å². The van der Waals surface area contributed by atoms with Gasteiger partial charge in [-0.1, -0.05) is 30.8 Å². The fourth-order valence-electron chi connectivity index (χ4n) is 2.59. The first-order chi connectivity index (χ1) is 11.5. The molecule has 0 radical (unpaired) electrons. The highest BCUT2D eigenvalue weighted by atomic mass is 16.5. The van der Waals surface area contributed by atoms with Crippen LogP contribution in [0.15, 0.2) is 43.0 Å². The van der Waals surface area contributed by atoms with Crippen LogP contribution in [0.25, 0.3) is 10.8 Å². The van der Waals surface area contributed by atoms with Gasteiger partial charge in [0.1, 0.15) is 5.75 Å². The monoisotopic (exact) mass is 327 g/mol. The maximum absolute atomic E-state index is 11.8. The highest BCUT2D eigenvalue weighted by molar-refractivity contribution is 6.01. The molecule has 0 aromatic heterocycles. The van der Waals surface area contributed by atoms with E-state index < -0.39 is 11.9 Å². The van der Waals surface area contributed by atoms with Crippen LogP contribution in [0, 0.1) is 0 Å². The van der Waals surface area contributed by atoms with Gasteiger partial charge < -0.3 is 14.4 Å². The Hall–Kier alpha value is -2.82. The van der Waals surface area contributed by atoms with E-state index in [9.17, 15) is 9.59 Å². The number of fused-ring (bicyclic) bond motifs is 1. The number of hydrogen-bond acceptors (Lipinski definition) is 5. The van der Waals surface area contributed by atoms with Gasteiger partial charge in [0, 0.05) is 42.9 Å². The first-order valence-corrected chi connectivity index (χ1v) is 7.85. The second kappa shape index (κ2) is 7.64. The summed E-state index contributed by atoms with van der Waals surface area (Å²) < 4.78 is 10.9. The minimum atomic E-state index is -0.534. The third kappa shape index (κ3) is 3.56. The van der Waals surface area contributed by atoms with E-state index >= 15 is 0 Å². The number of carbonyl (C=O) groups excluding carboxylic acids is 2. The van der Waals surface area contributed by atoms with Crippen molar-refractivity contribution in [3.63, 3.8) is 0 Å². The number of nitrogens with zero attached hydrogens (tertiary/aromatic N) is 1. The first-order valence-electron chi connectivity index (χ1n) is 7.85. The van der Waals surface area contributed by atoms with E-state index in [1.54, 1.807) is 6.07 Å². The molecule has 24 heavy (non-hydrogen) atoms. The number of benzene rings is 2. The van der Waals surface area contributed by atoms with Crippen LogP contribution in [0.2, 0.25) is 0 Å². The van der Waals surface area contributed by atoms with Gasteiger partial charge in [0.05, 0.1) is 5.69 Å². The van der Waals surface area contributed by atoms with Gasteiger partial charge in [-0.25, -0.2) is 4.79 Å². The Morgan fingerprint density at radius 1 is 1.12 bits per heavy atom. The summed E-state index contributed by atoms with van der Waals surface area (Å²) in [5, 5.41) is 1.41. The molecular formula is C19H21NO4. The van der Waals surface area contributed by atoms with Crippen molar-refractivity contribution in [3.05, 3.63) is 43.0 Å². The summed E-state index contributed by atoms with van der Waals surface area (Å²) in [5.41, 5.74) is 0.699. The lowest BCUT2D eigenvalue weighted by molar-refractivity contribution is -0.132. The molecule has 0 saturated carbocycles. The van der Waals surface area contributed by atoms with Gasteiger partial charge in [-0.05, 0) is 13.8 Å². The Morgan fingerprint density at radius 2 is 1.75 bits per heavy atom. The van der Waals surface area contributed by atoms with Crippen LogP contribution in [0.3, 0.4) is 0 Å². The number of hydrogen-bond donors (Lipinski definition) is 0. The van der Waals surface area contributed by atoms with E-state index in [2.05, 4.69) is 6.58 Å². The van der Waals surface area contributed by atoms with Crippen LogP contribution in [0.5, 0.6) is 11.5 Å². The summed E-state index contributed by atoms with van der Waals surface area (Å²) in [5.74, 6) is -0.0521. The lowest BCUT2D eigenvalue weighted by Crippen LogP contribution is -2.23. The molecule has 0 N–H and O–H groups in total. The van der Waals surface area contributed by atoms with Gasteiger partial charge in [0.15, 0.2) is 5.75 Å². The molecule has 0 aliphatic rings. The summed E-state index contributed by atoms with van der Waals surface area (Å²) in [7, 11) is 0. The Bertz CT molecular complexity index is 778. The Balaban J connectivity index is 2.78. The Morgan fingerprint density at radius 3 is 2.29 bits per heavy atom. The van der Waals surface area contributed by atoms with Crippen molar-refractivity contribution in [2.75, 3.05) is 18.0 Å². The molecule has 2 rings (SSSR count). The summed E-state index contributed by atoms with van der Waals surface area (Å²) in [6.45, 7) is 10.2. The average Bonchev–Trinajstić information content (AvgIpc) is 2.58. The van der Waals surface area contributed by atoms with Gasteiger partial charge in [-0.2, -0.15) is 0 Å². The summed E-state index contributed by atoms with van der Waals surface area (Å²) in [4.78, 5) is 25.3. The summed E-state index contributed by atoms with van der Waals surface area (Å²) in [6.07, 6.45) is 1.13. The van der Waals surface area contributed by atoms with E-state index in [0.29, 0.717) is 41.0 Å². The molecule has 0 aliphatic carbocycles. The fraction of sp³-hybridized carbons (Fsp3) is 0.263. The smallest absolute Gasteiger partial charge is 0.335 e. The van der Waals surface area contributed by atoms with E-state index in [-0.39, 0.29) is 0 Å². The van der Waals surface area contributed by atoms with Crippen molar-refractivity contribution in [1.82, 2.24) is 0 Å². The Kier molecular flexibility index (Phi) is 5.58. The normalized spacial score (nSPS) is 10.3. The minimum Gasteiger partial charge on any atom is -0.426 e. The molecule has 0 fully saturated rings. The van der Waals surface area contributed by atoms with Gasteiger partial charge in [-0.15, -0.1) is 0 Å². The molecule has 0 amide bonds. The van der Waals surface area contributed by atoms with Gasteiger partial charge in [0.25, 0.3) is 0 Å². The average molecular weight is 327 g/mol. The molecule has 0 aliphatic heterocycles. The van der Waals surface area contributed by atoms with Crippen LogP contribution >= 0.6 is 0 Å². The predicted octanol–water partition coefficient (Wildman–Crippen LogP) is 3.70. The lowest BCUT2D eigenvalue weighted by atomic mass is 10.1. The van der Waals surface area contributed by atoms with Gasteiger partial charge >= 0.3 is 11.9 Å². The molecule has 5 heteroatoms. The molecule has 0 bridgehead atoms. The van der Waals surface area contributed by atoms with Crippen LogP contribution in [0.4, 0.5) is 5.69 Å². The first kappa shape index (κ1) is 17.5. The zero-order chi connectivity index (χ0) is 17.7. The number of esters is 2. The van der Waals surface area contributed by atoms with Crippen LogP contribution in [-0.4, -0.2) is 25.0 Å². The van der Waals surface area contributed by atoms with Gasteiger partial charge in [-0.3, -0.25) is 4.79 Å². The molecule has 0 heterocycles. The quantitative estimate of drug-likeness (QED) is 0.460. The van der Waals surface area contributed by atoms with Crippen LogP contribution in [-0.2, 0) is 9.59 Å². The highest BCUT2D eigenvalue weighted by Crippen LogP contribution is 2.42. The van der Waals surface area contributed by atoms with Gasteiger partial charge in [0.2, 0.25) is 0 Å². The summed E-state index contributed by atoms with van der Waals surface area (Å²) >= 11 is 0. The van der Waals surface area contributed by atoms with Crippen molar-refractivity contribution >= 4 is 28.4 Å². The minimum absolute atomic E-state index is 0.401.